The number of ketones is 2. The van der Waals surface area contributed by atoms with E-state index in [1.54, 1.807) is 48.5 Å². The van der Waals surface area contributed by atoms with Crippen molar-refractivity contribution >= 4 is 33.2 Å². The van der Waals surface area contributed by atoms with E-state index in [2.05, 4.69) is 10.9 Å². The molecule has 1 amide bonds. The largest absolute Gasteiger partial charge is 0.299 e. The molecule has 0 saturated carbocycles. The van der Waals surface area contributed by atoms with E-state index in [9.17, 15) is 22.8 Å². The fourth-order valence-electron chi connectivity index (χ4n) is 3.47. The van der Waals surface area contributed by atoms with Crippen LogP contribution >= 0.6 is 0 Å². The zero-order chi connectivity index (χ0) is 22.7. The van der Waals surface area contributed by atoms with E-state index in [-0.39, 0.29) is 16.0 Å². The van der Waals surface area contributed by atoms with Crippen molar-refractivity contribution in [3.63, 3.8) is 0 Å². The number of amides is 1. The average molecular weight is 449 g/mol. The summed E-state index contributed by atoms with van der Waals surface area (Å²) in [5.74, 6) is -2.10. The summed E-state index contributed by atoms with van der Waals surface area (Å²) in [5, 5.41) is 0. The first-order valence-electron chi connectivity index (χ1n) is 9.74. The number of sulfonamides is 1. The third kappa shape index (κ3) is 4.03. The molecule has 32 heavy (non-hydrogen) atoms. The van der Waals surface area contributed by atoms with Gasteiger partial charge in [-0.05, 0) is 24.3 Å². The van der Waals surface area contributed by atoms with Crippen molar-refractivity contribution in [2.75, 3.05) is 12.0 Å². The second-order valence-corrected chi connectivity index (χ2v) is 8.94. The lowest BCUT2D eigenvalue weighted by Gasteiger charge is -2.33. The lowest BCUT2D eigenvalue weighted by atomic mass is 9.96. The summed E-state index contributed by atoms with van der Waals surface area (Å²) in [4.78, 5) is 38.8. The molecule has 8 nitrogen and oxygen atoms in total. The molecular formula is C23H19N3O5S. The topological polar surface area (TPSA) is 113 Å². The Bertz CT molecular complexity index is 1280. The maximum Gasteiger partial charge on any atom is 0.253 e. The van der Waals surface area contributed by atoms with Crippen molar-refractivity contribution in [1.29, 1.82) is 0 Å². The van der Waals surface area contributed by atoms with Crippen LogP contribution in [0.4, 0.5) is 5.69 Å². The molecule has 0 fully saturated rings. The zero-order valence-electron chi connectivity index (χ0n) is 16.8. The molecule has 9 heteroatoms. The maximum absolute atomic E-state index is 13.3. The van der Waals surface area contributed by atoms with Crippen LogP contribution in [0.5, 0.6) is 0 Å². The SMILES string of the molecule is O=C(CN1C(C(=O)c2ccccc2)C(=O)c2ccccc2S1(=O)=O)NNc1ccccc1. The van der Waals surface area contributed by atoms with Crippen LogP contribution in [0.1, 0.15) is 20.7 Å². The number of benzene rings is 3. The van der Waals surface area contributed by atoms with E-state index in [1.165, 1.54) is 36.4 Å². The minimum atomic E-state index is -4.29. The summed E-state index contributed by atoms with van der Waals surface area (Å²) in [7, 11) is -4.29. The number of nitrogens with one attached hydrogen (secondary N) is 2. The summed E-state index contributed by atoms with van der Waals surface area (Å²) in [6.07, 6.45) is 0. The summed E-state index contributed by atoms with van der Waals surface area (Å²) >= 11 is 0. The third-order valence-electron chi connectivity index (χ3n) is 5.00. The van der Waals surface area contributed by atoms with E-state index in [4.69, 9.17) is 0 Å². The van der Waals surface area contributed by atoms with Crippen molar-refractivity contribution in [3.8, 4) is 0 Å². The van der Waals surface area contributed by atoms with E-state index in [0.29, 0.717) is 9.99 Å². The van der Waals surface area contributed by atoms with Gasteiger partial charge in [-0.1, -0.05) is 60.7 Å². The van der Waals surface area contributed by atoms with Crippen molar-refractivity contribution in [3.05, 3.63) is 96.1 Å². The summed E-state index contributed by atoms with van der Waals surface area (Å²) in [6.45, 7) is -0.717. The standard InChI is InChI=1S/C23H19N3O5S/c27-20(25-24-17-11-5-2-6-12-17)15-26-21(22(28)16-9-3-1-4-10-16)23(29)18-13-7-8-14-19(18)32(26,30)31/h1-14,21,24H,15H2,(H,25,27). The summed E-state index contributed by atoms with van der Waals surface area (Å²) < 4.78 is 27.3. The highest BCUT2D eigenvalue weighted by Gasteiger charge is 2.48. The highest BCUT2D eigenvalue weighted by molar-refractivity contribution is 7.89. The number of hydrazine groups is 1. The van der Waals surface area contributed by atoms with Crippen LogP contribution in [0.15, 0.2) is 89.8 Å². The van der Waals surface area contributed by atoms with E-state index in [0.717, 1.165) is 0 Å². The number of rotatable bonds is 6. The van der Waals surface area contributed by atoms with Crippen molar-refractivity contribution in [2.45, 2.75) is 10.9 Å². The van der Waals surface area contributed by atoms with Gasteiger partial charge in [0.15, 0.2) is 17.6 Å². The lowest BCUT2D eigenvalue weighted by Crippen LogP contribution is -2.56. The molecule has 1 aliphatic heterocycles. The molecule has 0 radical (unpaired) electrons. The van der Waals surface area contributed by atoms with Gasteiger partial charge in [0.05, 0.1) is 17.1 Å². The van der Waals surface area contributed by atoms with Crippen LogP contribution < -0.4 is 10.9 Å². The molecule has 3 aromatic carbocycles. The summed E-state index contributed by atoms with van der Waals surface area (Å²) in [5.41, 5.74) is 5.77. The van der Waals surface area contributed by atoms with Gasteiger partial charge in [-0.2, -0.15) is 4.31 Å². The average Bonchev–Trinajstić information content (AvgIpc) is 2.82. The first kappa shape index (κ1) is 21.4. The number of Topliss-reactive ketones (excluding diaryl/α,β-unsaturated/α-hetero) is 2. The Labute approximate surface area is 184 Å². The van der Waals surface area contributed by atoms with Gasteiger partial charge in [0.1, 0.15) is 0 Å². The fraction of sp³-hybridized carbons (Fsp3) is 0.0870. The number of para-hydroxylation sites is 1. The molecular weight excluding hydrogens is 430 g/mol. The Morgan fingerprint density at radius 3 is 2.12 bits per heavy atom. The number of anilines is 1. The third-order valence-corrected chi connectivity index (χ3v) is 6.87. The second kappa shape index (κ2) is 8.74. The number of hydrogen-bond donors (Lipinski definition) is 2. The zero-order valence-corrected chi connectivity index (χ0v) is 17.6. The van der Waals surface area contributed by atoms with Gasteiger partial charge >= 0.3 is 0 Å². The minimum Gasteiger partial charge on any atom is -0.299 e. The van der Waals surface area contributed by atoms with Gasteiger partial charge in [0.25, 0.3) is 5.91 Å². The molecule has 0 aromatic heterocycles. The van der Waals surface area contributed by atoms with Gasteiger partial charge in [0, 0.05) is 11.1 Å². The van der Waals surface area contributed by atoms with Crippen LogP contribution in [0.3, 0.4) is 0 Å². The molecule has 0 saturated heterocycles. The molecule has 162 valence electrons. The van der Waals surface area contributed by atoms with Crippen molar-refractivity contribution < 1.29 is 22.8 Å². The molecule has 1 unspecified atom stereocenters. The quantitative estimate of drug-likeness (QED) is 0.339. The van der Waals surface area contributed by atoms with Gasteiger partial charge in [-0.25, -0.2) is 8.42 Å². The molecule has 1 atom stereocenters. The highest BCUT2D eigenvalue weighted by atomic mass is 32.2. The molecule has 0 spiro atoms. The first-order valence-corrected chi connectivity index (χ1v) is 11.2. The number of fused-ring (bicyclic) bond motifs is 1. The number of hydrogen-bond acceptors (Lipinski definition) is 6. The van der Waals surface area contributed by atoms with E-state index >= 15 is 0 Å². The lowest BCUT2D eigenvalue weighted by molar-refractivity contribution is -0.120. The highest BCUT2D eigenvalue weighted by Crippen LogP contribution is 2.31. The Morgan fingerprint density at radius 2 is 1.44 bits per heavy atom. The molecule has 4 rings (SSSR count). The molecule has 3 aromatic rings. The molecule has 1 heterocycles. The molecule has 0 bridgehead atoms. The van der Waals surface area contributed by atoms with Crippen LogP contribution in [0.25, 0.3) is 0 Å². The molecule has 1 aliphatic rings. The first-order chi connectivity index (χ1) is 15.4. The second-order valence-electron chi connectivity index (χ2n) is 7.08. The number of carbonyl (C=O) groups excluding carboxylic acids is 3. The van der Waals surface area contributed by atoms with Gasteiger partial charge in [0.2, 0.25) is 10.0 Å². The normalized spacial score (nSPS) is 17.2. The Hall–Kier alpha value is -3.82. The number of nitrogens with zero attached hydrogens (tertiary/aromatic N) is 1. The van der Waals surface area contributed by atoms with Crippen molar-refractivity contribution in [1.82, 2.24) is 9.73 Å². The minimum absolute atomic E-state index is 0.0687. The van der Waals surface area contributed by atoms with Crippen LogP contribution in [-0.4, -0.2) is 42.8 Å². The van der Waals surface area contributed by atoms with Crippen LogP contribution in [0, 0.1) is 0 Å². The molecule has 2 N–H and O–H groups in total. The van der Waals surface area contributed by atoms with Gasteiger partial charge < -0.3 is 0 Å². The fourth-order valence-corrected chi connectivity index (χ4v) is 5.18. The van der Waals surface area contributed by atoms with Crippen LogP contribution in [0.2, 0.25) is 0 Å². The van der Waals surface area contributed by atoms with Gasteiger partial charge in [-0.3, -0.25) is 25.2 Å². The Kier molecular flexibility index (Phi) is 5.85. The monoisotopic (exact) mass is 449 g/mol. The predicted molar refractivity (Wildman–Crippen MR) is 117 cm³/mol. The Morgan fingerprint density at radius 1 is 0.844 bits per heavy atom. The summed E-state index contributed by atoms with van der Waals surface area (Å²) in [6, 6.07) is 20.7. The predicted octanol–water partition coefficient (Wildman–Crippen LogP) is 2.27. The van der Waals surface area contributed by atoms with E-state index < -0.39 is 40.1 Å². The smallest absolute Gasteiger partial charge is 0.253 e. The molecule has 0 aliphatic carbocycles. The van der Waals surface area contributed by atoms with E-state index in [1.807, 2.05) is 0 Å². The maximum atomic E-state index is 13.3. The van der Waals surface area contributed by atoms with Crippen LogP contribution in [-0.2, 0) is 14.8 Å². The van der Waals surface area contributed by atoms with Gasteiger partial charge in [-0.15, -0.1) is 0 Å². The number of carbonyl (C=O) groups is 3. The van der Waals surface area contributed by atoms with Crippen molar-refractivity contribution in [2.24, 2.45) is 0 Å². The Balaban J connectivity index is 1.68.